The average Bonchev–Trinajstić information content (AvgIpc) is 2.19. The Balaban J connectivity index is 3.49. The van der Waals surface area contributed by atoms with Gasteiger partial charge in [0.1, 0.15) is 5.56 Å². The number of nitro groups is 1. The maximum absolute atomic E-state index is 11.4. The average molecular weight is 288 g/mol. The first-order valence-electron chi connectivity index (χ1n) is 4.59. The van der Waals surface area contributed by atoms with Gasteiger partial charge in [0.25, 0.3) is 0 Å². The topological polar surface area (TPSA) is 69.4 Å². The predicted molar refractivity (Wildman–Crippen MR) is 62.0 cm³/mol. The first kappa shape index (κ1) is 12.6. The summed E-state index contributed by atoms with van der Waals surface area (Å²) < 4.78 is 5.53. The second kappa shape index (κ2) is 5.07. The molecule has 0 saturated carbocycles. The molecule has 0 unspecified atom stereocenters. The smallest absolute Gasteiger partial charge is 0.322 e. The molecule has 0 N–H and O–H groups in total. The number of nitrogens with zero attached hydrogens (tertiary/aromatic N) is 1. The molecule has 0 radical (unpaired) electrons. The van der Waals surface area contributed by atoms with Crippen molar-refractivity contribution in [2.24, 2.45) is 0 Å². The quantitative estimate of drug-likeness (QED) is 0.485. The number of hydrogen-bond donors (Lipinski definition) is 0. The number of nitro benzene ring substituents is 1. The Hall–Kier alpha value is -1.43. The molecule has 0 spiro atoms. The molecule has 5 nitrogen and oxygen atoms in total. The third-order valence-corrected chi connectivity index (χ3v) is 2.59. The maximum Gasteiger partial charge on any atom is 0.322 e. The fourth-order valence-corrected chi connectivity index (χ4v) is 1.93. The zero-order valence-corrected chi connectivity index (χ0v) is 10.4. The predicted octanol–water partition coefficient (Wildman–Crippen LogP) is 2.96. The van der Waals surface area contributed by atoms with Crippen LogP contribution in [0.2, 0.25) is 0 Å². The first-order valence-corrected chi connectivity index (χ1v) is 5.39. The van der Waals surface area contributed by atoms with Crippen molar-refractivity contribution >= 4 is 27.4 Å². The second-order valence-corrected chi connectivity index (χ2v) is 3.87. The molecule has 6 heteroatoms. The van der Waals surface area contributed by atoms with Crippen LogP contribution in [0.15, 0.2) is 16.6 Å². The van der Waals surface area contributed by atoms with Crippen LogP contribution in [-0.4, -0.2) is 17.3 Å². The van der Waals surface area contributed by atoms with Crippen LogP contribution < -0.4 is 4.74 Å². The minimum absolute atomic E-state index is 0.0379. The number of ether oxygens (including phenoxy) is 1. The molecule has 1 rings (SSSR count). The van der Waals surface area contributed by atoms with Crippen molar-refractivity contribution in [2.45, 2.75) is 13.8 Å². The van der Waals surface area contributed by atoms with Gasteiger partial charge in [-0.3, -0.25) is 14.9 Å². The fourth-order valence-electron chi connectivity index (χ4n) is 1.34. The molecule has 1 aromatic carbocycles. The summed E-state index contributed by atoms with van der Waals surface area (Å²) in [5, 5.41) is 10.9. The number of ketones is 1. The standard InChI is InChI=1S/C10H10BrNO4/c1-3-16-8-5-4-7(11)9(6(2)13)10(8)12(14)15/h4-5H,3H2,1-2H3. The second-order valence-electron chi connectivity index (χ2n) is 3.02. The monoisotopic (exact) mass is 287 g/mol. The van der Waals surface area contributed by atoms with Crippen molar-refractivity contribution in [3.8, 4) is 5.75 Å². The zero-order valence-electron chi connectivity index (χ0n) is 8.82. The van der Waals surface area contributed by atoms with Crippen molar-refractivity contribution < 1.29 is 14.5 Å². The van der Waals surface area contributed by atoms with E-state index in [-0.39, 0.29) is 22.8 Å². The highest BCUT2D eigenvalue weighted by Gasteiger charge is 2.26. The Kier molecular flexibility index (Phi) is 4.00. The molecule has 0 aliphatic rings. The summed E-state index contributed by atoms with van der Waals surface area (Å²) in [4.78, 5) is 21.7. The van der Waals surface area contributed by atoms with Gasteiger partial charge in [0.15, 0.2) is 11.5 Å². The summed E-state index contributed by atoms with van der Waals surface area (Å²) in [5.41, 5.74) is -0.250. The van der Waals surface area contributed by atoms with E-state index >= 15 is 0 Å². The first-order chi connectivity index (χ1) is 7.49. The number of rotatable bonds is 4. The van der Waals surface area contributed by atoms with E-state index in [0.29, 0.717) is 11.1 Å². The third kappa shape index (κ3) is 2.38. The maximum atomic E-state index is 11.4. The highest BCUT2D eigenvalue weighted by Crippen LogP contribution is 2.36. The molecule has 0 bridgehead atoms. The van der Waals surface area contributed by atoms with E-state index in [0.717, 1.165) is 0 Å². The molecule has 0 aliphatic carbocycles. The lowest BCUT2D eigenvalue weighted by Gasteiger charge is -2.08. The highest BCUT2D eigenvalue weighted by molar-refractivity contribution is 9.10. The van der Waals surface area contributed by atoms with Crippen molar-refractivity contribution in [3.63, 3.8) is 0 Å². The Morgan fingerprint density at radius 1 is 1.56 bits per heavy atom. The van der Waals surface area contributed by atoms with Crippen LogP contribution in [-0.2, 0) is 0 Å². The van der Waals surface area contributed by atoms with Gasteiger partial charge in [-0.1, -0.05) is 0 Å². The van der Waals surface area contributed by atoms with Gasteiger partial charge in [0.2, 0.25) is 0 Å². The van der Waals surface area contributed by atoms with Crippen molar-refractivity contribution in [3.05, 3.63) is 32.3 Å². The van der Waals surface area contributed by atoms with Gasteiger partial charge in [-0.2, -0.15) is 0 Å². The molecule has 0 aromatic heterocycles. The number of carbonyl (C=O) groups excluding carboxylic acids is 1. The summed E-state index contributed by atoms with van der Waals surface area (Å²) in [6.07, 6.45) is 0. The summed E-state index contributed by atoms with van der Waals surface area (Å²) in [5.74, 6) is -0.263. The van der Waals surface area contributed by atoms with Crippen LogP contribution in [0.5, 0.6) is 5.75 Å². The molecule has 1 aromatic rings. The van der Waals surface area contributed by atoms with Crippen LogP contribution in [0, 0.1) is 10.1 Å². The lowest BCUT2D eigenvalue weighted by Crippen LogP contribution is -2.05. The van der Waals surface area contributed by atoms with E-state index in [2.05, 4.69) is 15.9 Å². The molecule has 0 fully saturated rings. The third-order valence-electron chi connectivity index (χ3n) is 1.92. The largest absolute Gasteiger partial charge is 0.487 e. The minimum Gasteiger partial charge on any atom is -0.487 e. The molecule has 0 saturated heterocycles. The number of carbonyl (C=O) groups is 1. The van der Waals surface area contributed by atoms with E-state index < -0.39 is 4.92 Å². The van der Waals surface area contributed by atoms with E-state index in [4.69, 9.17) is 4.74 Å². The van der Waals surface area contributed by atoms with Gasteiger partial charge >= 0.3 is 5.69 Å². The Morgan fingerprint density at radius 3 is 2.62 bits per heavy atom. The summed E-state index contributed by atoms with van der Waals surface area (Å²) in [6.45, 7) is 3.31. The summed E-state index contributed by atoms with van der Waals surface area (Å²) in [7, 11) is 0. The van der Waals surface area contributed by atoms with Crippen LogP contribution in [0.25, 0.3) is 0 Å². The van der Waals surface area contributed by atoms with Crippen molar-refractivity contribution in [1.82, 2.24) is 0 Å². The molecular weight excluding hydrogens is 278 g/mol. The van der Waals surface area contributed by atoms with E-state index in [9.17, 15) is 14.9 Å². The number of benzene rings is 1. The molecule has 86 valence electrons. The van der Waals surface area contributed by atoms with E-state index in [1.165, 1.54) is 13.0 Å². The molecule has 0 aliphatic heterocycles. The lowest BCUT2D eigenvalue weighted by atomic mass is 10.1. The van der Waals surface area contributed by atoms with Gasteiger partial charge in [0.05, 0.1) is 11.5 Å². The molecule has 0 amide bonds. The normalized spacial score (nSPS) is 9.94. The fraction of sp³-hybridized carbons (Fsp3) is 0.300. The van der Waals surface area contributed by atoms with Crippen molar-refractivity contribution in [2.75, 3.05) is 6.61 Å². The number of hydrogen-bond acceptors (Lipinski definition) is 4. The van der Waals surface area contributed by atoms with Crippen LogP contribution in [0.1, 0.15) is 24.2 Å². The van der Waals surface area contributed by atoms with Gasteiger partial charge in [-0.15, -0.1) is 0 Å². The lowest BCUT2D eigenvalue weighted by molar-refractivity contribution is -0.386. The minimum atomic E-state index is -0.605. The Morgan fingerprint density at radius 2 is 2.19 bits per heavy atom. The molecular formula is C10H10BrNO4. The molecule has 16 heavy (non-hydrogen) atoms. The van der Waals surface area contributed by atoms with E-state index in [1.807, 2.05) is 0 Å². The van der Waals surface area contributed by atoms with Gasteiger partial charge < -0.3 is 4.74 Å². The summed E-state index contributed by atoms with van der Waals surface area (Å²) in [6, 6.07) is 3.03. The SMILES string of the molecule is CCOc1ccc(Br)c(C(C)=O)c1[N+](=O)[O-]. The van der Waals surface area contributed by atoms with Gasteiger partial charge in [-0.25, -0.2) is 0 Å². The van der Waals surface area contributed by atoms with Gasteiger partial charge in [0, 0.05) is 4.47 Å². The van der Waals surface area contributed by atoms with Crippen molar-refractivity contribution in [1.29, 1.82) is 0 Å². The van der Waals surface area contributed by atoms with E-state index in [1.54, 1.807) is 13.0 Å². The Bertz CT molecular complexity index is 445. The van der Waals surface area contributed by atoms with Gasteiger partial charge in [-0.05, 0) is 41.9 Å². The number of Topliss-reactive ketones (excluding diaryl/α,β-unsaturated/α-hetero) is 1. The Labute approximate surface area is 101 Å². The zero-order chi connectivity index (χ0) is 12.3. The number of halogens is 1. The van der Waals surface area contributed by atoms with Crippen LogP contribution in [0.4, 0.5) is 5.69 Å². The summed E-state index contributed by atoms with van der Waals surface area (Å²) >= 11 is 3.12. The highest BCUT2D eigenvalue weighted by atomic mass is 79.9. The molecule has 0 heterocycles. The molecule has 0 atom stereocenters. The van der Waals surface area contributed by atoms with Crippen LogP contribution in [0.3, 0.4) is 0 Å². The van der Waals surface area contributed by atoms with Crippen LogP contribution >= 0.6 is 15.9 Å².